The molecule has 0 bridgehead atoms. The number of rotatable bonds is 6. The predicted octanol–water partition coefficient (Wildman–Crippen LogP) is 3.40. The highest BCUT2D eigenvalue weighted by atomic mass is 16.5. The fourth-order valence-electron chi connectivity index (χ4n) is 2.60. The Morgan fingerprint density at radius 1 is 1.11 bits per heavy atom. The number of carbonyl (C=O) groups excluding carboxylic acids is 2. The fourth-order valence-corrected chi connectivity index (χ4v) is 2.60. The molecule has 1 unspecified atom stereocenters. The number of ether oxygens (including phenoxy) is 1. The zero-order valence-electron chi connectivity index (χ0n) is 15.7. The molecular weight excluding hydrogens is 354 g/mol. The molecule has 2 N–H and O–H groups in total. The number of methoxy groups -OCH3 is 1. The van der Waals surface area contributed by atoms with E-state index in [4.69, 9.17) is 4.74 Å². The fraction of sp³-hybridized carbons (Fsp3) is 0.136. The largest absolute Gasteiger partial charge is 0.497 e. The molecule has 1 atom stereocenters. The molecule has 0 aliphatic rings. The van der Waals surface area contributed by atoms with E-state index in [1.54, 1.807) is 26.3 Å². The zero-order valence-corrected chi connectivity index (χ0v) is 15.7. The van der Waals surface area contributed by atoms with Gasteiger partial charge in [0.25, 0.3) is 0 Å². The molecule has 0 radical (unpaired) electrons. The Morgan fingerprint density at radius 3 is 2.61 bits per heavy atom. The quantitative estimate of drug-likeness (QED) is 0.647. The number of carbonyl (C=O) groups is 2. The number of benzene rings is 2. The van der Waals surface area contributed by atoms with Crippen LogP contribution < -0.4 is 15.4 Å². The summed E-state index contributed by atoms with van der Waals surface area (Å²) in [4.78, 5) is 28.7. The van der Waals surface area contributed by atoms with Gasteiger partial charge in [-0.15, -0.1) is 0 Å². The molecular formula is C22H21N3O3. The van der Waals surface area contributed by atoms with Crippen LogP contribution in [0.3, 0.4) is 0 Å². The van der Waals surface area contributed by atoms with Gasteiger partial charge in [0, 0.05) is 11.5 Å². The van der Waals surface area contributed by atoms with Crippen molar-refractivity contribution in [3.05, 3.63) is 72.4 Å². The summed E-state index contributed by atoms with van der Waals surface area (Å²) in [7, 11) is 1.60. The number of pyridine rings is 1. The second-order valence-electron chi connectivity index (χ2n) is 6.24. The third kappa shape index (κ3) is 4.94. The second kappa shape index (κ2) is 8.81. The monoisotopic (exact) mass is 375 g/mol. The van der Waals surface area contributed by atoms with E-state index in [9.17, 15) is 9.59 Å². The number of aromatic nitrogens is 1. The molecule has 0 saturated carbocycles. The smallest absolute Gasteiger partial charge is 0.246 e. The van der Waals surface area contributed by atoms with Gasteiger partial charge in [0.1, 0.15) is 11.8 Å². The van der Waals surface area contributed by atoms with Crippen molar-refractivity contribution in [2.45, 2.75) is 13.0 Å². The highest BCUT2D eigenvalue weighted by molar-refractivity contribution is 6.00. The van der Waals surface area contributed by atoms with Crippen LogP contribution in [0.2, 0.25) is 0 Å². The summed E-state index contributed by atoms with van der Waals surface area (Å²) in [6, 6.07) is 16.1. The Kier molecular flexibility index (Phi) is 6.01. The molecule has 6 heteroatoms. The van der Waals surface area contributed by atoms with Crippen molar-refractivity contribution in [3.63, 3.8) is 0 Å². The van der Waals surface area contributed by atoms with Crippen LogP contribution in [-0.4, -0.2) is 29.9 Å². The molecule has 0 aliphatic heterocycles. The summed E-state index contributed by atoms with van der Waals surface area (Å²) >= 11 is 0. The predicted molar refractivity (Wildman–Crippen MR) is 110 cm³/mol. The number of hydrogen-bond donors (Lipinski definition) is 2. The average molecular weight is 375 g/mol. The molecule has 0 saturated heterocycles. The van der Waals surface area contributed by atoms with Crippen molar-refractivity contribution in [1.29, 1.82) is 0 Å². The summed E-state index contributed by atoms with van der Waals surface area (Å²) in [5, 5.41) is 6.35. The lowest BCUT2D eigenvalue weighted by Gasteiger charge is -2.13. The Hall–Kier alpha value is -3.67. The maximum Gasteiger partial charge on any atom is 0.246 e. The third-order valence-corrected chi connectivity index (χ3v) is 4.15. The van der Waals surface area contributed by atoms with Crippen LogP contribution in [0, 0.1) is 0 Å². The summed E-state index contributed by atoms with van der Waals surface area (Å²) in [6.07, 6.45) is 4.66. The van der Waals surface area contributed by atoms with Crippen LogP contribution in [0.15, 0.2) is 66.9 Å². The second-order valence-corrected chi connectivity index (χ2v) is 6.24. The van der Waals surface area contributed by atoms with E-state index >= 15 is 0 Å². The molecule has 142 valence electrons. The maximum absolute atomic E-state index is 12.3. The number of nitrogens with one attached hydrogen (secondary N) is 2. The van der Waals surface area contributed by atoms with Crippen LogP contribution in [0.25, 0.3) is 17.0 Å². The highest BCUT2D eigenvalue weighted by Crippen LogP contribution is 2.16. The molecule has 1 aromatic heterocycles. The van der Waals surface area contributed by atoms with Gasteiger partial charge in [0.15, 0.2) is 0 Å². The highest BCUT2D eigenvalue weighted by Gasteiger charge is 2.14. The first-order valence-electron chi connectivity index (χ1n) is 8.83. The molecule has 3 aromatic rings. The number of anilines is 1. The third-order valence-electron chi connectivity index (χ3n) is 4.15. The first-order valence-corrected chi connectivity index (χ1v) is 8.83. The van der Waals surface area contributed by atoms with Crippen molar-refractivity contribution < 1.29 is 14.3 Å². The maximum atomic E-state index is 12.3. The van der Waals surface area contributed by atoms with E-state index in [1.165, 1.54) is 6.08 Å². The number of fused-ring (bicyclic) bond motifs is 1. The van der Waals surface area contributed by atoms with Crippen LogP contribution in [0.1, 0.15) is 12.5 Å². The zero-order chi connectivity index (χ0) is 19.9. The van der Waals surface area contributed by atoms with E-state index in [0.29, 0.717) is 5.69 Å². The molecule has 2 amide bonds. The van der Waals surface area contributed by atoms with Crippen LogP contribution in [-0.2, 0) is 9.59 Å². The molecule has 1 heterocycles. The normalized spacial score (nSPS) is 11.9. The first-order chi connectivity index (χ1) is 13.5. The van der Waals surface area contributed by atoms with E-state index < -0.39 is 6.04 Å². The Bertz CT molecular complexity index is 1010. The molecule has 2 aromatic carbocycles. The van der Waals surface area contributed by atoms with Gasteiger partial charge >= 0.3 is 0 Å². The summed E-state index contributed by atoms with van der Waals surface area (Å²) in [6.45, 7) is 1.63. The Morgan fingerprint density at radius 2 is 1.86 bits per heavy atom. The molecule has 0 fully saturated rings. The standard InChI is InChI=1S/C22H21N3O3/c1-15(24-21(26)12-9-16-7-10-19(28-2)11-8-16)22(27)25-18-13-17-5-3-4-6-20(17)23-14-18/h3-15H,1-2H3,(H,24,26)(H,25,27)/b12-9+. The van der Waals surface area contributed by atoms with Crippen molar-refractivity contribution in [2.24, 2.45) is 0 Å². The van der Waals surface area contributed by atoms with Gasteiger partial charge in [-0.2, -0.15) is 0 Å². The van der Waals surface area contributed by atoms with E-state index in [1.807, 2.05) is 54.6 Å². The van der Waals surface area contributed by atoms with E-state index in [2.05, 4.69) is 15.6 Å². The SMILES string of the molecule is COc1ccc(/C=C/C(=O)NC(C)C(=O)Nc2cnc3ccccc3c2)cc1. The van der Waals surface area contributed by atoms with Gasteiger partial charge in [-0.25, -0.2) is 0 Å². The lowest BCUT2D eigenvalue weighted by atomic mass is 10.2. The number of para-hydroxylation sites is 1. The summed E-state index contributed by atoms with van der Waals surface area (Å²) < 4.78 is 5.09. The molecule has 3 rings (SSSR count). The minimum Gasteiger partial charge on any atom is -0.497 e. The average Bonchev–Trinajstić information content (AvgIpc) is 2.72. The number of amides is 2. The molecule has 6 nitrogen and oxygen atoms in total. The van der Waals surface area contributed by atoms with Crippen LogP contribution in [0.4, 0.5) is 5.69 Å². The van der Waals surface area contributed by atoms with Gasteiger partial charge in [0.2, 0.25) is 11.8 Å². The van der Waals surface area contributed by atoms with Crippen molar-refractivity contribution in [3.8, 4) is 5.75 Å². The van der Waals surface area contributed by atoms with Crippen molar-refractivity contribution in [2.75, 3.05) is 12.4 Å². The lowest BCUT2D eigenvalue weighted by Crippen LogP contribution is -2.40. The summed E-state index contributed by atoms with van der Waals surface area (Å²) in [5.74, 6) is 0.0773. The number of hydrogen-bond acceptors (Lipinski definition) is 4. The van der Waals surface area contributed by atoms with E-state index in [-0.39, 0.29) is 11.8 Å². The minimum absolute atomic E-state index is 0.316. The summed E-state index contributed by atoms with van der Waals surface area (Å²) in [5.41, 5.74) is 2.29. The Labute approximate surface area is 163 Å². The molecule has 0 spiro atoms. The molecule has 28 heavy (non-hydrogen) atoms. The van der Waals surface area contributed by atoms with E-state index in [0.717, 1.165) is 22.2 Å². The van der Waals surface area contributed by atoms with Gasteiger partial charge < -0.3 is 15.4 Å². The lowest BCUT2D eigenvalue weighted by molar-refractivity contribution is -0.123. The van der Waals surface area contributed by atoms with Crippen molar-refractivity contribution in [1.82, 2.24) is 10.3 Å². The molecule has 0 aliphatic carbocycles. The Balaban J connectivity index is 1.56. The van der Waals surface area contributed by atoms with Crippen LogP contribution >= 0.6 is 0 Å². The van der Waals surface area contributed by atoms with Crippen LogP contribution in [0.5, 0.6) is 5.75 Å². The number of nitrogens with zero attached hydrogens (tertiary/aromatic N) is 1. The van der Waals surface area contributed by atoms with Gasteiger partial charge in [0.05, 0.1) is 24.5 Å². The minimum atomic E-state index is -0.695. The topological polar surface area (TPSA) is 80.3 Å². The first kappa shape index (κ1) is 19.1. The van der Waals surface area contributed by atoms with Gasteiger partial charge in [-0.05, 0) is 42.8 Å². The van der Waals surface area contributed by atoms with Gasteiger partial charge in [-0.1, -0.05) is 30.3 Å². The van der Waals surface area contributed by atoms with Crippen molar-refractivity contribution >= 4 is 34.5 Å². The van der Waals surface area contributed by atoms with Gasteiger partial charge in [-0.3, -0.25) is 14.6 Å².